The maximum absolute atomic E-state index is 12.7. The van der Waals surface area contributed by atoms with Crippen molar-refractivity contribution < 1.29 is 33.0 Å². The van der Waals surface area contributed by atoms with Crippen molar-refractivity contribution in [1.82, 2.24) is 20.2 Å². The van der Waals surface area contributed by atoms with Crippen molar-refractivity contribution in [3.63, 3.8) is 0 Å². The second-order valence-corrected chi connectivity index (χ2v) is 9.47. The van der Waals surface area contributed by atoms with E-state index in [1.807, 2.05) is 18.7 Å². The van der Waals surface area contributed by atoms with E-state index in [0.29, 0.717) is 36.8 Å². The average molecular weight is 544 g/mol. The molecule has 0 saturated carbocycles. The highest BCUT2D eigenvalue weighted by Gasteiger charge is 2.38. The van der Waals surface area contributed by atoms with Crippen LogP contribution in [0.25, 0.3) is 0 Å². The lowest BCUT2D eigenvalue weighted by Gasteiger charge is -2.34. The molecule has 3 heterocycles. The van der Waals surface area contributed by atoms with Gasteiger partial charge >= 0.3 is 12.1 Å². The number of carbonyl (C=O) groups is 2. The topological polar surface area (TPSA) is 119 Å². The minimum absolute atomic E-state index is 0.0109. The van der Waals surface area contributed by atoms with Gasteiger partial charge in [0.1, 0.15) is 12.1 Å². The number of nitrogens with zero attached hydrogens (tertiary/aromatic N) is 4. The summed E-state index contributed by atoms with van der Waals surface area (Å²) in [6, 6.07) is 7.31. The Bertz CT molecular complexity index is 1090. The molecule has 202 valence electrons. The largest absolute Gasteiger partial charge is 0.490 e. The number of aliphatic hydroxyl groups excluding tert-OH is 1. The number of benzene rings is 1. The van der Waals surface area contributed by atoms with Crippen LogP contribution in [0.2, 0.25) is 5.02 Å². The molecule has 1 aromatic heterocycles. The van der Waals surface area contributed by atoms with Gasteiger partial charge in [0.15, 0.2) is 0 Å². The highest BCUT2D eigenvalue weighted by molar-refractivity contribution is 6.30. The number of piperidine rings is 1. The number of hydrogen-bond acceptors (Lipinski definition) is 7. The molecule has 0 radical (unpaired) electrons. The van der Waals surface area contributed by atoms with Gasteiger partial charge in [0, 0.05) is 54.1 Å². The number of rotatable bonds is 4. The summed E-state index contributed by atoms with van der Waals surface area (Å²) < 4.78 is 31.7. The normalized spacial score (nSPS) is 20.4. The van der Waals surface area contributed by atoms with E-state index < -0.39 is 18.2 Å². The molecule has 2 aliphatic heterocycles. The Morgan fingerprint density at radius 1 is 1.08 bits per heavy atom. The zero-order valence-corrected chi connectivity index (χ0v) is 21.1. The van der Waals surface area contributed by atoms with Crippen molar-refractivity contribution in [2.45, 2.75) is 51.1 Å². The lowest BCUT2D eigenvalue weighted by molar-refractivity contribution is -0.192. The maximum Gasteiger partial charge on any atom is 0.490 e. The number of alkyl halides is 3. The molecule has 9 nitrogen and oxygen atoms in total. The number of carboxylic acids is 1. The number of anilines is 1. The minimum Gasteiger partial charge on any atom is -0.475 e. The Balaban J connectivity index is 0.000000479. The number of amides is 1. The standard InChI is InChI=1S/C22H28ClN5O2.C2HF3O2/c1-14-15(2)24-13-25-21(14)28-11-19(20(29)12-28)26-18-7-9-27(10-8-18)22(30)16-3-5-17(23)6-4-16;3-2(4,5)1(6)7/h3-6,13,18-20,26,29H,7-12H2,1-2H3;(H,6,7)/t19?,20-;/m1./s1. The fourth-order valence-electron chi connectivity index (χ4n) is 4.29. The Morgan fingerprint density at radius 3 is 2.24 bits per heavy atom. The number of nitrogens with one attached hydrogen (secondary N) is 1. The van der Waals surface area contributed by atoms with Crippen molar-refractivity contribution in [1.29, 1.82) is 0 Å². The molecule has 2 aromatic rings. The minimum atomic E-state index is -5.08. The monoisotopic (exact) mass is 543 g/mol. The molecule has 1 aromatic carbocycles. The fourth-order valence-corrected chi connectivity index (χ4v) is 4.42. The Labute approximate surface area is 217 Å². The van der Waals surface area contributed by atoms with Crippen LogP contribution in [-0.2, 0) is 4.79 Å². The SMILES string of the molecule is Cc1ncnc(N2CC(NC3CCN(C(=O)c4ccc(Cl)cc4)CC3)[C@H](O)C2)c1C.O=C(O)C(F)(F)F. The molecule has 2 atom stereocenters. The summed E-state index contributed by atoms with van der Waals surface area (Å²) in [5, 5.41) is 22.0. The van der Waals surface area contributed by atoms with Gasteiger partial charge in [0.2, 0.25) is 0 Å². The third-order valence-corrected chi connectivity index (χ3v) is 6.72. The summed E-state index contributed by atoms with van der Waals surface area (Å²) in [4.78, 5) is 34.3. The zero-order chi connectivity index (χ0) is 27.3. The van der Waals surface area contributed by atoms with Crippen LogP contribution < -0.4 is 10.2 Å². The number of carboxylic acid groups (broad SMARTS) is 1. The van der Waals surface area contributed by atoms with E-state index in [1.54, 1.807) is 30.6 Å². The van der Waals surface area contributed by atoms with E-state index in [0.717, 1.165) is 29.9 Å². The second kappa shape index (κ2) is 12.1. The number of aliphatic hydroxyl groups is 1. The van der Waals surface area contributed by atoms with E-state index in [1.165, 1.54) is 0 Å². The predicted molar refractivity (Wildman–Crippen MR) is 131 cm³/mol. The number of aromatic nitrogens is 2. The van der Waals surface area contributed by atoms with Crippen LogP contribution in [-0.4, -0.2) is 87.5 Å². The summed E-state index contributed by atoms with van der Waals surface area (Å²) in [6.07, 6.45) is -2.21. The lowest BCUT2D eigenvalue weighted by atomic mass is 10.0. The van der Waals surface area contributed by atoms with Crippen LogP contribution in [0.15, 0.2) is 30.6 Å². The van der Waals surface area contributed by atoms with Gasteiger partial charge in [-0.3, -0.25) is 4.79 Å². The van der Waals surface area contributed by atoms with E-state index in [-0.39, 0.29) is 18.0 Å². The van der Waals surface area contributed by atoms with E-state index in [9.17, 15) is 23.1 Å². The molecule has 2 fully saturated rings. The Hall–Kier alpha value is -2.96. The van der Waals surface area contributed by atoms with Gasteiger partial charge in [-0.05, 0) is 51.0 Å². The van der Waals surface area contributed by atoms with Crippen molar-refractivity contribution in [3.8, 4) is 0 Å². The molecule has 0 aliphatic carbocycles. The third-order valence-electron chi connectivity index (χ3n) is 6.46. The quantitative estimate of drug-likeness (QED) is 0.539. The predicted octanol–water partition coefficient (Wildman–Crippen LogP) is 2.82. The molecule has 2 saturated heterocycles. The van der Waals surface area contributed by atoms with Gasteiger partial charge in [-0.2, -0.15) is 13.2 Å². The molecule has 13 heteroatoms. The zero-order valence-electron chi connectivity index (χ0n) is 20.4. The van der Waals surface area contributed by atoms with Crippen LogP contribution in [0.1, 0.15) is 34.5 Å². The van der Waals surface area contributed by atoms with Crippen molar-refractivity contribution in [3.05, 3.63) is 52.4 Å². The van der Waals surface area contributed by atoms with Gasteiger partial charge in [0.05, 0.1) is 12.1 Å². The first-order valence-corrected chi connectivity index (χ1v) is 12.1. The first kappa shape index (κ1) is 28.6. The second-order valence-electron chi connectivity index (χ2n) is 9.03. The number of aliphatic carboxylic acids is 1. The van der Waals surface area contributed by atoms with Crippen LogP contribution >= 0.6 is 11.6 Å². The number of carbonyl (C=O) groups excluding carboxylic acids is 1. The molecule has 2 aliphatic rings. The highest BCUT2D eigenvalue weighted by atomic mass is 35.5. The van der Waals surface area contributed by atoms with Crippen LogP contribution in [0.4, 0.5) is 19.0 Å². The molecule has 4 rings (SSSR count). The van der Waals surface area contributed by atoms with Gasteiger partial charge in [-0.1, -0.05) is 11.6 Å². The van der Waals surface area contributed by atoms with Gasteiger partial charge < -0.3 is 25.3 Å². The van der Waals surface area contributed by atoms with Crippen LogP contribution in [0, 0.1) is 13.8 Å². The molecule has 1 unspecified atom stereocenters. The van der Waals surface area contributed by atoms with Gasteiger partial charge in [-0.15, -0.1) is 0 Å². The molecular weight excluding hydrogens is 515 g/mol. The van der Waals surface area contributed by atoms with Crippen molar-refractivity contribution >= 4 is 29.3 Å². The van der Waals surface area contributed by atoms with Crippen LogP contribution in [0.5, 0.6) is 0 Å². The molecular formula is C24H29ClF3N5O4. The summed E-state index contributed by atoms with van der Waals surface area (Å²) in [7, 11) is 0. The fraction of sp³-hybridized carbons (Fsp3) is 0.500. The van der Waals surface area contributed by atoms with Crippen molar-refractivity contribution in [2.75, 3.05) is 31.1 Å². The van der Waals surface area contributed by atoms with E-state index in [4.69, 9.17) is 21.5 Å². The van der Waals surface area contributed by atoms with Crippen molar-refractivity contribution in [2.24, 2.45) is 0 Å². The number of likely N-dealkylation sites (tertiary alicyclic amines) is 1. The lowest BCUT2D eigenvalue weighted by Crippen LogP contribution is -2.50. The van der Waals surface area contributed by atoms with E-state index >= 15 is 0 Å². The van der Waals surface area contributed by atoms with Gasteiger partial charge in [-0.25, -0.2) is 14.8 Å². The van der Waals surface area contributed by atoms with Gasteiger partial charge in [0.25, 0.3) is 5.91 Å². The summed E-state index contributed by atoms with van der Waals surface area (Å²) >= 11 is 5.92. The third kappa shape index (κ3) is 7.53. The number of halogens is 4. The molecule has 0 bridgehead atoms. The summed E-state index contributed by atoms with van der Waals surface area (Å²) in [5.41, 5.74) is 2.69. The summed E-state index contributed by atoms with van der Waals surface area (Å²) in [6.45, 7) is 6.67. The number of aryl methyl sites for hydroxylation is 1. The Kier molecular flexibility index (Phi) is 9.32. The average Bonchev–Trinajstić information content (AvgIpc) is 3.21. The molecule has 37 heavy (non-hydrogen) atoms. The van der Waals surface area contributed by atoms with Crippen LogP contribution in [0.3, 0.4) is 0 Å². The Morgan fingerprint density at radius 2 is 1.68 bits per heavy atom. The maximum atomic E-state index is 12.7. The molecule has 0 spiro atoms. The molecule has 3 N–H and O–H groups in total. The first-order chi connectivity index (χ1) is 17.4. The highest BCUT2D eigenvalue weighted by Crippen LogP contribution is 2.24. The summed E-state index contributed by atoms with van der Waals surface area (Å²) in [5.74, 6) is -1.81. The van der Waals surface area contributed by atoms with E-state index in [2.05, 4.69) is 20.2 Å². The smallest absolute Gasteiger partial charge is 0.475 e. The molecule has 1 amide bonds. The number of hydrogen-bond donors (Lipinski definition) is 3. The number of β-amino-alcohol motifs (C(OH)–C–C–N with tert-alkyl or cyclic N) is 1. The first-order valence-electron chi connectivity index (χ1n) is 11.7.